The Labute approximate surface area is 230 Å². The molecule has 0 unspecified atom stereocenters. The summed E-state index contributed by atoms with van der Waals surface area (Å²) in [4.78, 5) is 38.7. The minimum atomic E-state index is -0.634. The van der Waals surface area contributed by atoms with Gasteiger partial charge in [-0.15, -0.1) is 0 Å². The Morgan fingerprint density at radius 3 is 1.98 bits per heavy atom. The van der Waals surface area contributed by atoms with Crippen LogP contribution in [0, 0.1) is 0 Å². The van der Waals surface area contributed by atoms with Crippen molar-refractivity contribution in [1.82, 2.24) is 20.3 Å². The molecule has 1 N–H and O–H groups in total. The lowest BCUT2D eigenvalue weighted by Crippen LogP contribution is -2.28. The average Bonchev–Trinajstić information content (AvgIpc) is 3.02. The van der Waals surface area contributed by atoms with Gasteiger partial charge >= 0.3 is 5.97 Å². The maximum absolute atomic E-state index is 12.8. The molecular formula is C31H26N4O5. The Bertz CT molecular complexity index is 1640. The highest BCUT2D eigenvalue weighted by Gasteiger charge is 2.16. The van der Waals surface area contributed by atoms with Crippen molar-refractivity contribution in [3.63, 3.8) is 0 Å². The predicted molar refractivity (Wildman–Crippen MR) is 150 cm³/mol. The number of ether oxygens (including phenoxy) is 3. The number of hydrogen-bond donors (Lipinski definition) is 1. The van der Waals surface area contributed by atoms with E-state index < -0.39 is 18.5 Å². The first-order valence-electron chi connectivity index (χ1n) is 12.5. The fourth-order valence-electron chi connectivity index (χ4n) is 4.05. The number of pyridine rings is 1. The van der Waals surface area contributed by atoms with E-state index in [0.717, 1.165) is 28.2 Å². The van der Waals surface area contributed by atoms with Crippen molar-refractivity contribution in [2.45, 2.75) is 6.54 Å². The summed E-state index contributed by atoms with van der Waals surface area (Å²) in [6.45, 7) is -0.114. The Kier molecular flexibility index (Phi) is 7.92. The van der Waals surface area contributed by atoms with Gasteiger partial charge in [0.25, 0.3) is 5.91 Å². The number of carbonyl (C=O) groups is 2. The molecule has 0 aliphatic heterocycles. The summed E-state index contributed by atoms with van der Waals surface area (Å²) in [6, 6.07) is 23.7. The van der Waals surface area contributed by atoms with E-state index in [4.69, 9.17) is 24.2 Å². The van der Waals surface area contributed by atoms with E-state index in [2.05, 4.69) is 10.3 Å². The van der Waals surface area contributed by atoms with Crippen LogP contribution in [0.1, 0.15) is 15.9 Å². The van der Waals surface area contributed by atoms with E-state index in [-0.39, 0.29) is 5.56 Å². The number of nitrogens with one attached hydrogen (secondary N) is 1. The number of aromatic nitrogens is 3. The summed E-state index contributed by atoms with van der Waals surface area (Å²) < 4.78 is 15.8. The molecule has 9 nitrogen and oxygen atoms in total. The summed E-state index contributed by atoms with van der Waals surface area (Å²) in [5, 5.41) is 2.70. The molecule has 0 radical (unpaired) electrons. The van der Waals surface area contributed by atoms with Crippen LogP contribution in [0.25, 0.3) is 33.5 Å². The molecule has 3 aromatic carbocycles. The highest BCUT2D eigenvalue weighted by molar-refractivity contribution is 5.96. The minimum absolute atomic E-state index is 0.264. The molecule has 5 rings (SSSR count). The summed E-state index contributed by atoms with van der Waals surface area (Å²) in [5.41, 5.74) is 5.24. The number of nitrogens with zero attached hydrogens (tertiary/aromatic N) is 3. The Balaban J connectivity index is 1.40. The normalized spacial score (nSPS) is 10.7. The van der Waals surface area contributed by atoms with Crippen LogP contribution in [0.5, 0.6) is 11.5 Å². The van der Waals surface area contributed by atoms with Gasteiger partial charge in [-0.1, -0.05) is 6.07 Å². The van der Waals surface area contributed by atoms with Gasteiger partial charge in [0, 0.05) is 30.1 Å². The van der Waals surface area contributed by atoms with E-state index in [0.29, 0.717) is 29.0 Å². The van der Waals surface area contributed by atoms with Crippen molar-refractivity contribution >= 4 is 22.9 Å². The molecule has 1 amide bonds. The largest absolute Gasteiger partial charge is 0.497 e. The SMILES string of the molecule is COc1ccc(-c2nc3ccc(C(=O)OCC(=O)NCc4cccnc4)cc3nc2-c2ccc(OC)cc2)cc1. The van der Waals surface area contributed by atoms with Crippen LogP contribution in [0.15, 0.2) is 91.3 Å². The number of rotatable bonds is 9. The predicted octanol–water partition coefficient (Wildman–Crippen LogP) is 4.85. The molecular weight excluding hydrogens is 508 g/mol. The van der Waals surface area contributed by atoms with E-state index in [1.165, 1.54) is 0 Å². The Morgan fingerprint density at radius 2 is 1.40 bits per heavy atom. The number of benzene rings is 3. The quantitative estimate of drug-likeness (QED) is 0.267. The molecule has 9 heteroatoms. The smallest absolute Gasteiger partial charge is 0.338 e. The van der Waals surface area contributed by atoms with Crippen molar-refractivity contribution in [3.05, 3.63) is 102 Å². The number of hydrogen-bond acceptors (Lipinski definition) is 8. The van der Waals surface area contributed by atoms with E-state index in [1.54, 1.807) is 50.9 Å². The zero-order valence-corrected chi connectivity index (χ0v) is 22.0. The Morgan fingerprint density at radius 1 is 0.775 bits per heavy atom. The van der Waals surface area contributed by atoms with Crippen molar-refractivity contribution in [2.24, 2.45) is 0 Å². The molecule has 0 atom stereocenters. The lowest BCUT2D eigenvalue weighted by Gasteiger charge is -2.12. The number of esters is 1. The molecule has 40 heavy (non-hydrogen) atoms. The van der Waals surface area contributed by atoms with Crippen molar-refractivity contribution in [1.29, 1.82) is 0 Å². The Hall–Kier alpha value is -5.31. The molecule has 2 heterocycles. The molecule has 0 saturated heterocycles. The number of methoxy groups -OCH3 is 2. The van der Waals surface area contributed by atoms with Crippen LogP contribution >= 0.6 is 0 Å². The molecule has 0 fully saturated rings. The summed E-state index contributed by atoms with van der Waals surface area (Å²) in [7, 11) is 3.23. The fourth-order valence-corrected chi connectivity index (χ4v) is 4.05. The number of carbonyl (C=O) groups excluding carboxylic acids is 2. The number of amides is 1. The highest BCUT2D eigenvalue weighted by Crippen LogP contribution is 2.33. The minimum Gasteiger partial charge on any atom is -0.497 e. The van der Waals surface area contributed by atoms with Gasteiger partial charge in [-0.2, -0.15) is 0 Å². The second-order valence-corrected chi connectivity index (χ2v) is 8.80. The first kappa shape index (κ1) is 26.3. The van der Waals surface area contributed by atoms with Crippen LogP contribution in [-0.4, -0.2) is 47.7 Å². The topological polar surface area (TPSA) is 113 Å². The highest BCUT2D eigenvalue weighted by atomic mass is 16.5. The zero-order chi connectivity index (χ0) is 27.9. The third kappa shape index (κ3) is 6.05. The van der Waals surface area contributed by atoms with Gasteiger partial charge in [-0.25, -0.2) is 14.8 Å². The van der Waals surface area contributed by atoms with Crippen molar-refractivity contribution < 1.29 is 23.8 Å². The summed E-state index contributed by atoms with van der Waals surface area (Å²) in [5.74, 6) is 0.407. The molecule has 0 saturated carbocycles. The van der Waals surface area contributed by atoms with Crippen LogP contribution in [0.3, 0.4) is 0 Å². The van der Waals surface area contributed by atoms with Crippen LogP contribution in [0.2, 0.25) is 0 Å². The van der Waals surface area contributed by atoms with Gasteiger partial charge in [0.05, 0.1) is 42.2 Å². The van der Waals surface area contributed by atoms with Crippen molar-refractivity contribution in [3.8, 4) is 34.0 Å². The third-order valence-electron chi connectivity index (χ3n) is 6.17. The molecule has 200 valence electrons. The van der Waals surface area contributed by atoms with Crippen molar-refractivity contribution in [2.75, 3.05) is 20.8 Å². The molecule has 0 aliphatic rings. The second-order valence-electron chi connectivity index (χ2n) is 8.80. The first-order chi connectivity index (χ1) is 19.5. The lowest BCUT2D eigenvalue weighted by atomic mass is 10.0. The molecule has 2 aromatic heterocycles. The van der Waals surface area contributed by atoms with Gasteiger partial charge in [-0.3, -0.25) is 9.78 Å². The summed E-state index contributed by atoms with van der Waals surface area (Å²) in [6.07, 6.45) is 3.31. The van der Waals surface area contributed by atoms with Crippen LogP contribution in [-0.2, 0) is 16.1 Å². The maximum Gasteiger partial charge on any atom is 0.338 e. The number of fused-ring (bicyclic) bond motifs is 1. The van der Waals surface area contributed by atoms with Crippen LogP contribution < -0.4 is 14.8 Å². The third-order valence-corrected chi connectivity index (χ3v) is 6.17. The van der Waals surface area contributed by atoms with Gasteiger partial charge in [0.15, 0.2) is 6.61 Å². The molecule has 0 spiro atoms. The zero-order valence-electron chi connectivity index (χ0n) is 22.0. The molecule has 0 bridgehead atoms. The second kappa shape index (κ2) is 12.0. The van der Waals surface area contributed by atoms with E-state index >= 15 is 0 Å². The van der Waals surface area contributed by atoms with Gasteiger partial charge in [0.1, 0.15) is 11.5 Å². The average molecular weight is 535 g/mol. The van der Waals surface area contributed by atoms with Crippen LogP contribution in [0.4, 0.5) is 0 Å². The van der Waals surface area contributed by atoms with E-state index in [9.17, 15) is 9.59 Å². The van der Waals surface area contributed by atoms with Gasteiger partial charge in [0.2, 0.25) is 0 Å². The monoisotopic (exact) mass is 534 g/mol. The standard InChI is InChI=1S/C31H26N4O5/c1-38-24-10-5-21(6-11-24)29-30(22-7-12-25(39-2)13-8-22)35-27-16-23(9-14-26(27)34-29)31(37)40-19-28(36)33-18-20-4-3-15-32-17-20/h3-17H,18-19H2,1-2H3,(H,33,36). The first-order valence-corrected chi connectivity index (χ1v) is 12.5. The molecule has 5 aromatic rings. The molecule has 0 aliphatic carbocycles. The maximum atomic E-state index is 12.8. The van der Waals surface area contributed by atoms with Gasteiger partial charge in [-0.05, 0) is 78.4 Å². The van der Waals surface area contributed by atoms with E-state index in [1.807, 2.05) is 54.6 Å². The lowest BCUT2D eigenvalue weighted by molar-refractivity contribution is -0.124. The summed E-state index contributed by atoms with van der Waals surface area (Å²) >= 11 is 0. The van der Waals surface area contributed by atoms with Gasteiger partial charge < -0.3 is 19.5 Å². The fraction of sp³-hybridized carbons (Fsp3) is 0.129.